The molecule has 0 aromatic carbocycles. The molecule has 2 N–H and O–H groups in total. The monoisotopic (exact) mass is 202 g/mol. The highest BCUT2D eigenvalue weighted by molar-refractivity contribution is 7.99. The van der Waals surface area contributed by atoms with E-state index in [2.05, 4.69) is 23.6 Å². The molecule has 0 aromatic heterocycles. The van der Waals surface area contributed by atoms with Crippen LogP contribution in [-0.2, 0) is 0 Å². The van der Waals surface area contributed by atoms with Gasteiger partial charge in [0.05, 0.1) is 0 Å². The number of rotatable bonds is 4. The van der Waals surface area contributed by atoms with Crippen molar-refractivity contribution in [3.63, 3.8) is 0 Å². The summed E-state index contributed by atoms with van der Waals surface area (Å²) in [5, 5.41) is 0. The zero-order valence-electron chi connectivity index (χ0n) is 8.67. The van der Waals surface area contributed by atoms with E-state index < -0.39 is 0 Å². The molecule has 1 aliphatic heterocycles. The molecule has 1 heterocycles. The first kappa shape index (κ1) is 11.3. The van der Waals surface area contributed by atoms with Crippen LogP contribution in [0.5, 0.6) is 0 Å². The largest absolute Gasteiger partial charge is 0.329 e. The number of hydrogen-bond acceptors (Lipinski definition) is 3. The Balaban J connectivity index is 2.35. The van der Waals surface area contributed by atoms with Gasteiger partial charge < -0.3 is 5.73 Å². The van der Waals surface area contributed by atoms with Gasteiger partial charge in [-0.25, -0.2) is 0 Å². The van der Waals surface area contributed by atoms with E-state index in [1.165, 1.54) is 43.9 Å². The Morgan fingerprint density at radius 1 is 1.38 bits per heavy atom. The molecule has 1 atom stereocenters. The van der Waals surface area contributed by atoms with Crippen LogP contribution in [0.3, 0.4) is 0 Å². The number of nitrogens with zero attached hydrogens (tertiary/aromatic N) is 1. The van der Waals surface area contributed by atoms with Gasteiger partial charge in [0, 0.05) is 24.9 Å². The molecule has 1 rings (SSSR count). The lowest BCUT2D eigenvalue weighted by molar-refractivity contribution is 0.204. The first-order chi connectivity index (χ1) is 6.38. The highest BCUT2D eigenvalue weighted by Gasteiger charge is 2.17. The molecule has 0 aliphatic carbocycles. The zero-order chi connectivity index (χ0) is 9.52. The molecule has 3 heteroatoms. The zero-order valence-corrected chi connectivity index (χ0v) is 9.48. The van der Waals surface area contributed by atoms with E-state index in [1.54, 1.807) is 0 Å². The average molecular weight is 202 g/mol. The number of thioether (sulfide) groups is 1. The third-order valence-electron chi connectivity index (χ3n) is 2.67. The van der Waals surface area contributed by atoms with Crippen molar-refractivity contribution < 1.29 is 0 Å². The summed E-state index contributed by atoms with van der Waals surface area (Å²) in [5.74, 6) is 2.63. The Bertz CT molecular complexity index is 122. The topological polar surface area (TPSA) is 29.3 Å². The van der Waals surface area contributed by atoms with Crippen LogP contribution in [0.15, 0.2) is 0 Å². The summed E-state index contributed by atoms with van der Waals surface area (Å²) >= 11 is 2.08. The lowest BCUT2D eigenvalue weighted by atomic mass is 10.1. The van der Waals surface area contributed by atoms with E-state index in [0.29, 0.717) is 6.04 Å². The molecule has 0 aromatic rings. The van der Waals surface area contributed by atoms with Crippen molar-refractivity contribution in [3.8, 4) is 0 Å². The summed E-state index contributed by atoms with van der Waals surface area (Å²) in [6.07, 6.45) is 3.86. The van der Waals surface area contributed by atoms with Crippen molar-refractivity contribution in [1.82, 2.24) is 4.90 Å². The first-order valence-corrected chi connectivity index (χ1v) is 6.55. The van der Waals surface area contributed by atoms with E-state index in [4.69, 9.17) is 5.73 Å². The van der Waals surface area contributed by atoms with Crippen molar-refractivity contribution >= 4 is 11.8 Å². The number of nitrogens with two attached hydrogens (primary N) is 1. The van der Waals surface area contributed by atoms with Crippen LogP contribution < -0.4 is 5.73 Å². The van der Waals surface area contributed by atoms with Crippen LogP contribution in [0.25, 0.3) is 0 Å². The van der Waals surface area contributed by atoms with Crippen molar-refractivity contribution in [1.29, 1.82) is 0 Å². The highest BCUT2D eigenvalue weighted by atomic mass is 32.2. The smallest absolute Gasteiger partial charge is 0.0218 e. The van der Waals surface area contributed by atoms with Gasteiger partial charge in [-0.05, 0) is 25.1 Å². The molecule has 1 saturated heterocycles. The minimum Gasteiger partial charge on any atom is -0.329 e. The van der Waals surface area contributed by atoms with E-state index >= 15 is 0 Å². The van der Waals surface area contributed by atoms with Crippen molar-refractivity contribution in [2.75, 3.05) is 31.1 Å². The molecule has 13 heavy (non-hydrogen) atoms. The maximum absolute atomic E-state index is 5.79. The molecule has 0 spiro atoms. The maximum atomic E-state index is 5.79. The summed E-state index contributed by atoms with van der Waals surface area (Å²) in [6, 6.07) is 0.642. The summed E-state index contributed by atoms with van der Waals surface area (Å²) in [7, 11) is 0. The van der Waals surface area contributed by atoms with Gasteiger partial charge >= 0.3 is 0 Å². The normalized spacial score (nSPS) is 22.6. The highest BCUT2D eigenvalue weighted by Crippen LogP contribution is 2.14. The van der Waals surface area contributed by atoms with E-state index in [-0.39, 0.29) is 0 Å². The van der Waals surface area contributed by atoms with Gasteiger partial charge in [0.15, 0.2) is 0 Å². The van der Waals surface area contributed by atoms with E-state index in [9.17, 15) is 0 Å². The minimum atomic E-state index is 0.642. The van der Waals surface area contributed by atoms with Crippen molar-refractivity contribution in [2.45, 2.75) is 32.2 Å². The fourth-order valence-electron chi connectivity index (χ4n) is 1.91. The van der Waals surface area contributed by atoms with Gasteiger partial charge in [-0.15, -0.1) is 0 Å². The maximum Gasteiger partial charge on any atom is 0.0218 e. The molecule has 0 radical (unpaired) electrons. The Morgan fingerprint density at radius 2 is 2.23 bits per heavy atom. The van der Waals surface area contributed by atoms with Crippen LogP contribution in [0.2, 0.25) is 0 Å². The Kier molecular flexibility index (Phi) is 5.83. The van der Waals surface area contributed by atoms with Crippen LogP contribution in [-0.4, -0.2) is 42.1 Å². The third kappa shape index (κ3) is 3.88. The fraction of sp³-hybridized carbons (Fsp3) is 1.00. The molecule has 2 nitrogen and oxygen atoms in total. The molecule has 0 bridgehead atoms. The molecular formula is C10H22N2S. The third-order valence-corrected chi connectivity index (χ3v) is 3.72. The van der Waals surface area contributed by atoms with Gasteiger partial charge in [0.25, 0.3) is 0 Å². The van der Waals surface area contributed by atoms with Gasteiger partial charge in [0.1, 0.15) is 0 Å². The van der Waals surface area contributed by atoms with Gasteiger partial charge in [-0.1, -0.05) is 13.3 Å². The summed E-state index contributed by atoms with van der Waals surface area (Å²) in [6.45, 7) is 5.58. The molecular weight excluding hydrogens is 180 g/mol. The SMILES string of the molecule is CCCC(CN)N1CCCSCC1. The molecule has 78 valence electrons. The second kappa shape index (κ2) is 6.68. The van der Waals surface area contributed by atoms with Crippen molar-refractivity contribution in [2.24, 2.45) is 5.73 Å². The second-order valence-corrected chi connectivity index (χ2v) is 4.90. The predicted molar refractivity (Wildman–Crippen MR) is 61.3 cm³/mol. The summed E-state index contributed by atoms with van der Waals surface area (Å²) in [4.78, 5) is 2.59. The standard InChI is InChI=1S/C10H22N2S/c1-2-4-10(9-11)12-5-3-7-13-8-6-12/h10H,2-9,11H2,1H3. The lowest BCUT2D eigenvalue weighted by Gasteiger charge is -2.29. The van der Waals surface area contributed by atoms with E-state index in [1.807, 2.05) is 0 Å². The molecule has 0 amide bonds. The van der Waals surface area contributed by atoms with Crippen LogP contribution in [0.1, 0.15) is 26.2 Å². The molecule has 1 fully saturated rings. The fourth-order valence-corrected chi connectivity index (χ4v) is 2.81. The molecule has 1 aliphatic rings. The Hall–Kier alpha value is 0.270. The Labute approximate surface area is 86.2 Å². The lowest BCUT2D eigenvalue weighted by Crippen LogP contribution is -2.41. The van der Waals surface area contributed by atoms with Crippen LogP contribution in [0, 0.1) is 0 Å². The van der Waals surface area contributed by atoms with Gasteiger partial charge in [0.2, 0.25) is 0 Å². The number of hydrogen-bond donors (Lipinski definition) is 1. The minimum absolute atomic E-state index is 0.642. The second-order valence-electron chi connectivity index (χ2n) is 3.68. The first-order valence-electron chi connectivity index (χ1n) is 5.40. The average Bonchev–Trinajstić information content (AvgIpc) is 2.42. The summed E-state index contributed by atoms with van der Waals surface area (Å²) < 4.78 is 0. The van der Waals surface area contributed by atoms with Gasteiger partial charge in [-0.2, -0.15) is 11.8 Å². The quantitative estimate of drug-likeness (QED) is 0.750. The van der Waals surface area contributed by atoms with Crippen LogP contribution in [0.4, 0.5) is 0 Å². The predicted octanol–water partition coefficient (Wildman–Crippen LogP) is 1.55. The Morgan fingerprint density at radius 3 is 2.92 bits per heavy atom. The van der Waals surface area contributed by atoms with Gasteiger partial charge in [-0.3, -0.25) is 4.90 Å². The summed E-state index contributed by atoms with van der Waals surface area (Å²) in [5.41, 5.74) is 5.79. The molecule has 0 saturated carbocycles. The van der Waals surface area contributed by atoms with Crippen molar-refractivity contribution in [3.05, 3.63) is 0 Å². The molecule has 1 unspecified atom stereocenters. The van der Waals surface area contributed by atoms with Crippen LogP contribution >= 0.6 is 11.8 Å². The van der Waals surface area contributed by atoms with E-state index in [0.717, 1.165) is 6.54 Å².